The molecule has 168 valence electrons. The van der Waals surface area contributed by atoms with E-state index in [1.165, 1.54) is 0 Å². The molecule has 1 aliphatic heterocycles. The molecule has 1 aromatic rings. The summed E-state index contributed by atoms with van der Waals surface area (Å²) < 4.78 is 5.18. The lowest BCUT2D eigenvalue weighted by Crippen LogP contribution is -2.53. The Morgan fingerprint density at radius 3 is 2.17 bits per heavy atom. The minimum absolute atomic E-state index is 0.0469. The fraction of sp³-hybridized carbons (Fsp3) is 0.652. The van der Waals surface area contributed by atoms with Crippen LogP contribution < -0.4 is 16.0 Å². The second-order valence-electron chi connectivity index (χ2n) is 10.4. The molecule has 30 heavy (non-hydrogen) atoms. The number of nitrogens with two attached hydrogens (primary N) is 1. The van der Waals surface area contributed by atoms with Gasteiger partial charge in [-0.25, -0.2) is 0 Å². The Hall–Kier alpha value is -1.96. The average molecular weight is 419 g/mol. The SMILES string of the molecule is CC(C)(C)CN(CC(C)(C)C)[C@@H](CN)C(=O)Nc1ccc(N2CCOCC2=O)cc1. The predicted octanol–water partition coefficient (Wildman–Crippen LogP) is 2.71. The smallest absolute Gasteiger partial charge is 0.253 e. The number of ether oxygens (including phenoxy) is 1. The first-order chi connectivity index (χ1) is 13.9. The highest BCUT2D eigenvalue weighted by atomic mass is 16.5. The van der Waals surface area contributed by atoms with Crippen molar-refractivity contribution >= 4 is 23.2 Å². The maximum absolute atomic E-state index is 13.1. The molecule has 2 amide bonds. The van der Waals surface area contributed by atoms with Crippen LogP contribution >= 0.6 is 0 Å². The number of benzene rings is 1. The number of morpholine rings is 1. The molecule has 7 heteroatoms. The summed E-state index contributed by atoms with van der Waals surface area (Å²) in [5, 5.41) is 3.00. The van der Waals surface area contributed by atoms with Crippen molar-refractivity contribution in [2.75, 3.05) is 49.6 Å². The highest BCUT2D eigenvalue weighted by molar-refractivity contribution is 5.97. The van der Waals surface area contributed by atoms with Crippen molar-refractivity contribution in [3.8, 4) is 0 Å². The molecule has 0 unspecified atom stereocenters. The summed E-state index contributed by atoms with van der Waals surface area (Å²) in [6.07, 6.45) is 0. The maximum Gasteiger partial charge on any atom is 0.253 e. The lowest BCUT2D eigenvalue weighted by Gasteiger charge is -2.38. The quantitative estimate of drug-likeness (QED) is 0.711. The number of nitrogens with one attached hydrogen (secondary N) is 1. The Bertz CT molecular complexity index is 703. The van der Waals surface area contributed by atoms with Gasteiger partial charge in [0.25, 0.3) is 5.91 Å². The molecule has 1 fully saturated rings. The zero-order chi connectivity index (χ0) is 22.5. The van der Waals surface area contributed by atoms with Crippen molar-refractivity contribution < 1.29 is 14.3 Å². The zero-order valence-corrected chi connectivity index (χ0v) is 19.3. The van der Waals surface area contributed by atoms with Crippen LogP contribution in [0.5, 0.6) is 0 Å². The van der Waals surface area contributed by atoms with Crippen LogP contribution in [0.15, 0.2) is 24.3 Å². The van der Waals surface area contributed by atoms with Gasteiger partial charge in [0.15, 0.2) is 0 Å². The summed E-state index contributed by atoms with van der Waals surface area (Å²) in [5.74, 6) is -0.164. The van der Waals surface area contributed by atoms with Gasteiger partial charge in [-0.3, -0.25) is 14.5 Å². The summed E-state index contributed by atoms with van der Waals surface area (Å²) in [6.45, 7) is 16.0. The monoisotopic (exact) mass is 418 g/mol. The number of carbonyl (C=O) groups is 2. The number of carbonyl (C=O) groups excluding carboxylic acids is 2. The molecule has 7 nitrogen and oxygen atoms in total. The van der Waals surface area contributed by atoms with Gasteiger partial charge in [0.1, 0.15) is 12.6 Å². The standard InChI is InChI=1S/C23H38N4O3/c1-22(2,3)15-26(16-23(4,5)6)19(13-24)21(29)25-17-7-9-18(10-8-17)27-11-12-30-14-20(27)28/h7-10,19H,11-16,24H2,1-6H3,(H,25,29)/t19-/m0/s1. The summed E-state index contributed by atoms with van der Waals surface area (Å²) in [6, 6.07) is 6.92. The molecule has 0 aromatic heterocycles. The lowest BCUT2D eigenvalue weighted by molar-refractivity contribution is -0.125. The van der Waals surface area contributed by atoms with E-state index in [0.717, 1.165) is 18.8 Å². The lowest BCUT2D eigenvalue weighted by atomic mass is 9.91. The van der Waals surface area contributed by atoms with E-state index in [-0.39, 0.29) is 35.8 Å². The van der Waals surface area contributed by atoms with Gasteiger partial charge >= 0.3 is 0 Å². The van der Waals surface area contributed by atoms with Crippen LogP contribution in [-0.2, 0) is 14.3 Å². The molecule has 3 N–H and O–H groups in total. The number of amides is 2. The molecule has 0 spiro atoms. The van der Waals surface area contributed by atoms with Gasteiger partial charge in [0.2, 0.25) is 5.91 Å². The molecule has 1 aliphatic rings. The topological polar surface area (TPSA) is 87.9 Å². The average Bonchev–Trinajstić information content (AvgIpc) is 2.61. The molecule has 1 saturated heterocycles. The highest BCUT2D eigenvalue weighted by Gasteiger charge is 2.31. The van der Waals surface area contributed by atoms with Gasteiger partial charge in [0, 0.05) is 37.6 Å². The Labute approximate surface area is 180 Å². The van der Waals surface area contributed by atoms with Crippen LogP contribution in [0.4, 0.5) is 11.4 Å². The van der Waals surface area contributed by atoms with Crippen molar-refractivity contribution in [3.63, 3.8) is 0 Å². The maximum atomic E-state index is 13.1. The summed E-state index contributed by atoms with van der Waals surface area (Å²) in [7, 11) is 0. The van der Waals surface area contributed by atoms with E-state index in [9.17, 15) is 9.59 Å². The van der Waals surface area contributed by atoms with Gasteiger partial charge in [-0.1, -0.05) is 41.5 Å². The van der Waals surface area contributed by atoms with Crippen LogP contribution in [-0.4, -0.2) is 62.1 Å². The van der Waals surface area contributed by atoms with Gasteiger partial charge in [-0.2, -0.15) is 0 Å². The van der Waals surface area contributed by atoms with E-state index in [4.69, 9.17) is 10.5 Å². The molecule has 0 bridgehead atoms. The predicted molar refractivity (Wildman–Crippen MR) is 122 cm³/mol. The van der Waals surface area contributed by atoms with Crippen LogP contribution in [0.2, 0.25) is 0 Å². The largest absolute Gasteiger partial charge is 0.370 e. The normalized spacial score (nSPS) is 16.7. The van der Waals surface area contributed by atoms with Gasteiger partial charge < -0.3 is 20.7 Å². The molecule has 1 heterocycles. The van der Waals surface area contributed by atoms with Crippen LogP contribution in [0.1, 0.15) is 41.5 Å². The third-order valence-corrected chi connectivity index (χ3v) is 4.75. The van der Waals surface area contributed by atoms with Crippen molar-refractivity contribution in [2.24, 2.45) is 16.6 Å². The zero-order valence-electron chi connectivity index (χ0n) is 19.3. The fourth-order valence-corrected chi connectivity index (χ4v) is 3.66. The van der Waals surface area contributed by atoms with Crippen LogP contribution in [0, 0.1) is 10.8 Å². The number of nitrogens with zero attached hydrogens (tertiary/aromatic N) is 2. The van der Waals surface area contributed by atoms with E-state index in [2.05, 4.69) is 51.8 Å². The summed E-state index contributed by atoms with van der Waals surface area (Å²) in [4.78, 5) is 29.0. The van der Waals surface area contributed by atoms with E-state index < -0.39 is 6.04 Å². The molecule has 1 aromatic carbocycles. The van der Waals surface area contributed by atoms with Crippen LogP contribution in [0.3, 0.4) is 0 Å². The summed E-state index contributed by atoms with van der Waals surface area (Å²) >= 11 is 0. The van der Waals surface area contributed by atoms with Crippen molar-refractivity contribution in [2.45, 2.75) is 47.6 Å². The van der Waals surface area contributed by atoms with Crippen molar-refractivity contribution in [3.05, 3.63) is 24.3 Å². The molecule has 0 saturated carbocycles. The molecule has 0 radical (unpaired) electrons. The second kappa shape index (κ2) is 9.90. The van der Waals surface area contributed by atoms with Crippen molar-refractivity contribution in [1.82, 2.24) is 4.90 Å². The van der Waals surface area contributed by atoms with E-state index >= 15 is 0 Å². The first-order valence-electron chi connectivity index (χ1n) is 10.6. The Kier molecular flexibility index (Phi) is 8.02. The third kappa shape index (κ3) is 7.38. The number of anilines is 2. The molecule has 2 rings (SSSR count). The molecule has 1 atom stereocenters. The molecular weight excluding hydrogens is 380 g/mol. The third-order valence-electron chi connectivity index (χ3n) is 4.75. The number of hydrogen-bond donors (Lipinski definition) is 2. The summed E-state index contributed by atoms with van der Waals surface area (Å²) in [5.41, 5.74) is 7.63. The Morgan fingerprint density at radius 1 is 1.13 bits per heavy atom. The Balaban J connectivity index is 2.11. The highest BCUT2D eigenvalue weighted by Crippen LogP contribution is 2.24. The molecule has 0 aliphatic carbocycles. The number of rotatable bonds is 7. The van der Waals surface area contributed by atoms with Crippen molar-refractivity contribution in [1.29, 1.82) is 0 Å². The molecular formula is C23H38N4O3. The van der Waals surface area contributed by atoms with E-state index in [0.29, 0.717) is 18.8 Å². The van der Waals surface area contributed by atoms with Gasteiger partial charge in [0.05, 0.1) is 6.61 Å². The minimum atomic E-state index is -0.413. The van der Waals surface area contributed by atoms with E-state index in [1.54, 1.807) is 4.90 Å². The number of hydrogen-bond acceptors (Lipinski definition) is 5. The fourth-order valence-electron chi connectivity index (χ4n) is 3.66. The van der Waals surface area contributed by atoms with Gasteiger partial charge in [-0.15, -0.1) is 0 Å². The van der Waals surface area contributed by atoms with E-state index in [1.807, 2.05) is 24.3 Å². The Morgan fingerprint density at radius 2 is 1.70 bits per heavy atom. The minimum Gasteiger partial charge on any atom is -0.370 e. The first kappa shape index (κ1) is 24.3. The van der Waals surface area contributed by atoms with Crippen LogP contribution in [0.25, 0.3) is 0 Å². The first-order valence-corrected chi connectivity index (χ1v) is 10.6. The second-order valence-corrected chi connectivity index (χ2v) is 10.4. The van der Waals surface area contributed by atoms with Gasteiger partial charge in [-0.05, 0) is 35.1 Å².